The maximum atomic E-state index is 10.9. The van der Waals surface area contributed by atoms with Crippen molar-refractivity contribution in [3.05, 3.63) is 29.3 Å². The van der Waals surface area contributed by atoms with Crippen LogP contribution in [0.4, 0.5) is 0 Å². The number of hydrogen-bond donors (Lipinski definition) is 1. The van der Waals surface area contributed by atoms with Gasteiger partial charge in [-0.25, -0.2) is 8.42 Å². The van der Waals surface area contributed by atoms with Crippen molar-refractivity contribution in [2.75, 3.05) is 18.6 Å². The van der Waals surface area contributed by atoms with Crippen LogP contribution in [0.25, 0.3) is 0 Å². The molecule has 0 amide bonds. The van der Waals surface area contributed by atoms with E-state index in [1.807, 2.05) is 0 Å². The molecule has 96 valence electrons. The molecule has 0 heterocycles. The number of sulfone groups is 1. The lowest BCUT2D eigenvalue weighted by Crippen LogP contribution is -2.21. The standard InChI is InChI=1S/C11H15ClO4S/c1-17(14,15)6-5-10(13)8-16-11-4-2-3-9(12)7-11/h2-4,7,10,13H,5-6,8H2,1H3. The van der Waals surface area contributed by atoms with Crippen LogP contribution in [0, 0.1) is 0 Å². The molecule has 6 heteroatoms. The summed E-state index contributed by atoms with van der Waals surface area (Å²) in [6.07, 6.45) is 0.500. The summed E-state index contributed by atoms with van der Waals surface area (Å²) in [4.78, 5) is 0. The molecule has 1 N–H and O–H groups in total. The molecule has 1 unspecified atom stereocenters. The van der Waals surface area contributed by atoms with Gasteiger partial charge < -0.3 is 9.84 Å². The lowest BCUT2D eigenvalue weighted by molar-refractivity contribution is 0.105. The SMILES string of the molecule is CS(=O)(=O)CCC(O)COc1cccc(Cl)c1. The quantitative estimate of drug-likeness (QED) is 0.857. The summed E-state index contributed by atoms with van der Waals surface area (Å²) < 4.78 is 27.1. The van der Waals surface area contributed by atoms with Gasteiger partial charge in [-0.05, 0) is 24.6 Å². The van der Waals surface area contributed by atoms with E-state index >= 15 is 0 Å². The van der Waals surface area contributed by atoms with Crippen LogP contribution in [-0.4, -0.2) is 38.2 Å². The fraction of sp³-hybridized carbons (Fsp3) is 0.455. The van der Waals surface area contributed by atoms with Crippen molar-refractivity contribution in [1.82, 2.24) is 0 Å². The highest BCUT2D eigenvalue weighted by atomic mass is 35.5. The molecule has 1 aromatic rings. The second-order valence-corrected chi connectivity index (χ2v) is 6.54. The number of benzene rings is 1. The summed E-state index contributed by atoms with van der Waals surface area (Å²) in [5.74, 6) is 0.503. The van der Waals surface area contributed by atoms with Gasteiger partial charge >= 0.3 is 0 Å². The Morgan fingerprint density at radius 2 is 2.18 bits per heavy atom. The van der Waals surface area contributed by atoms with Crippen molar-refractivity contribution in [2.45, 2.75) is 12.5 Å². The molecule has 1 rings (SSSR count). The molecule has 0 aromatic heterocycles. The average molecular weight is 279 g/mol. The van der Waals surface area contributed by atoms with Gasteiger partial charge in [-0.1, -0.05) is 17.7 Å². The number of aliphatic hydroxyl groups is 1. The Bertz CT molecular complexity index is 458. The Labute approximate surface area is 106 Å². The normalized spacial score (nSPS) is 13.4. The molecule has 1 atom stereocenters. The van der Waals surface area contributed by atoms with Crippen molar-refractivity contribution in [2.24, 2.45) is 0 Å². The lowest BCUT2D eigenvalue weighted by Gasteiger charge is -2.11. The number of aliphatic hydroxyl groups excluding tert-OH is 1. The first-order valence-electron chi connectivity index (χ1n) is 5.11. The highest BCUT2D eigenvalue weighted by molar-refractivity contribution is 7.90. The maximum Gasteiger partial charge on any atom is 0.147 e. The van der Waals surface area contributed by atoms with Crippen LogP contribution in [0.5, 0.6) is 5.75 Å². The van der Waals surface area contributed by atoms with E-state index in [9.17, 15) is 13.5 Å². The topological polar surface area (TPSA) is 63.6 Å². The fourth-order valence-electron chi connectivity index (χ4n) is 1.18. The van der Waals surface area contributed by atoms with Gasteiger partial charge in [0.05, 0.1) is 11.9 Å². The highest BCUT2D eigenvalue weighted by Gasteiger charge is 2.10. The van der Waals surface area contributed by atoms with E-state index < -0.39 is 15.9 Å². The molecule has 0 radical (unpaired) electrons. The van der Waals surface area contributed by atoms with Crippen molar-refractivity contribution >= 4 is 21.4 Å². The molecule has 0 fully saturated rings. The van der Waals surface area contributed by atoms with E-state index in [4.69, 9.17) is 16.3 Å². The van der Waals surface area contributed by atoms with Gasteiger partial charge in [0, 0.05) is 11.3 Å². The van der Waals surface area contributed by atoms with E-state index in [1.54, 1.807) is 24.3 Å². The second kappa shape index (κ2) is 6.23. The molecular weight excluding hydrogens is 264 g/mol. The van der Waals surface area contributed by atoms with E-state index in [1.165, 1.54) is 0 Å². The highest BCUT2D eigenvalue weighted by Crippen LogP contribution is 2.17. The number of halogens is 1. The van der Waals surface area contributed by atoms with Crippen molar-refractivity contribution < 1.29 is 18.3 Å². The van der Waals surface area contributed by atoms with Gasteiger partial charge in [0.1, 0.15) is 22.2 Å². The zero-order valence-corrected chi connectivity index (χ0v) is 11.0. The molecule has 17 heavy (non-hydrogen) atoms. The Kier molecular flexibility index (Phi) is 5.24. The minimum atomic E-state index is -3.05. The van der Waals surface area contributed by atoms with Crippen molar-refractivity contribution in [1.29, 1.82) is 0 Å². The molecule has 0 spiro atoms. The second-order valence-electron chi connectivity index (χ2n) is 3.84. The molecule has 1 aromatic carbocycles. The first-order chi connectivity index (χ1) is 7.87. The van der Waals surface area contributed by atoms with Crippen molar-refractivity contribution in [3.63, 3.8) is 0 Å². The molecule has 0 bridgehead atoms. The predicted molar refractivity (Wildman–Crippen MR) is 67.3 cm³/mol. The largest absolute Gasteiger partial charge is 0.491 e. The Balaban J connectivity index is 2.36. The zero-order valence-electron chi connectivity index (χ0n) is 9.47. The summed E-state index contributed by atoms with van der Waals surface area (Å²) in [5, 5.41) is 10.1. The van der Waals surface area contributed by atoms with Gasteiger partial charge in [-0.3, -0.25) is 0 Å². The predicted octanol–water partition coefficient (Wildman–Crippen LogP) is 1.51. The van der Waals surface area contributed by atoms with Gasteiger partial charge in [0.15, 0.2) is 0 Å². The molecule has 0 saturated heterocycles. The minimum Gasteiger partial charge on any atom is -0.491 e. The van der Waals surface area contributed by atoms with Gasteiger partial charge in [0.25, 0.3) is 0 Å². The fourth-order valence-corrected chi connectivity index (χ4v) is 2.06. The summed E-state index contributed by atoms with van der Waals surface area (Å²) in [6.45, 7) is 0.0515. The third kappa shape index (κ3) is 6.51. The van der Waals surface area contributed by atoms with Crippen molar-refractivity contribution in [3.8, 4) is 5.75 Å². The third-order valence-electron chi connectivity index (χ3n) is 2.06. The monoisotopic (exact) mass is 278 g/mol. The van der Waals surface area contributed by atoms with Crippen LogP contribution in [0.15, 0.2) is 24.3 Å². The summed E-state index contributed by atoms with van der Waals surface area (Å²) in [6, 6.07) is 6.80. The Hall–Kier alpha value is -0.780. The first kappa shape index (κ1) is 14.3. The molecule has 4 nitrogen and oxygen atoms in total. The minimum absolute atomic E-state index is 0.0485. The van der Waals surface area contributed by atoms with Crippen LogP contribution < -0.4 is 4.74 Å². The maximum absolute atomic E-state index is 10.9. The third-order valence-corrected chi connectivity index (χ3v) is 3.27. The van der Waals surface area contributed by atoms with E-state index in [-0.39, 0.29) is 18.8 Å². The number of ether oxygens (including phenoxy) is 1. The molecule has 0 aliphatic carbocycles. The molecule has 0 saturated carbocycles. The average Bonchev–Trinajstić information content (AvgIpc) is 2.23. The van der Waals surface area contributed by atoms with Crippen LogP contribution in [-0.2, 0) is 9.84 Å². The summed E-state index contributed by atoms with van der Waals surface area (Å²) in [7, 11) is -3.05. The van der Waals surface area contributed by atoms with Gasteiger partial charge in [-0.2, -0.15) is 0 Å². The van der Waals surface area contributed by atoms with E-state index in [0.29, 0.717) is 10.8 Å². The Morgan fingerprint density at radius 3 is 2.76 bits per heavy atom. The van der Waals surface area contributed by atoms with Gasteiger partial charge in [0.2, 0.25) is 0 Å². The molecular formula is C11H15ClO4S. The van der Waals surface area contributed by atoms with Crippen LogP contribution in [0.1, 0.15) is 6.42 Å². The van der Waals surface area contributed by atoms with Crippen LogP contribution in [0.2, 0.25) is 5.02 Å². The molecule has 0 aliphatic heterocycles. The van der Waals surface area contributed by atoms with Crippen LogP contribution >= 0.6 is 11.6 Å². The Morgan fingerprint density at radius 1 is 1.47 bits per heavy atom. The number of hydrogen-bond acceptors (Lipinski definition) is 4. The van der Waals surface area contributed by atoms with Gasteiger partial charge in [-0.15, -0.1) is 0 Å². The smallest absolute Gasteiger partial charge is 0.147 e. The van der Waals surface area contributed by atoms with Crippen LogP contribution in [0.3, 0.4) is 0 Å². The van der Waals surface area contributed by atoms with E-state index in [0.717, 1.165) is 6.26 Å². The summed E-state index contributed by atoms with van der Waals surface area (Å²) in [5.41, 5.74) is 0. The number of rotatable bonds is 6. The first-order valence-corrected chi connectivity index (χ1v) is 7.55. The van der Waals surface area contributed by atoms with E-state index in [2.05, 4.69) is 0 Å². The lowest BCUT2D eigenvalue weighted by atomic mass is 10.3. The zero-order chi connectivity index (χ0) is 12.9. The summed E-state index contributed by atoms with van der Waals surface area (Å²) >= 11 is 5.76. The molecule has 0 aliphatic rings.